The van der Waals surface area contributed by atoms with Gasteiger partial charge in [0.05, 0.1) is 12.1 Å². The molecule has 0 aliphatic carbocycles. The van der Waals surface area contributed by atoms with Gasteiger partial charge in [-0.15, -0.1) is 0 Å². The number of hydrogen-bond donors (Lipinski definition) is 1. The molecule has 0 bridgehead atoms. The lowest BCUT2D eigenvalue weighted by atomic mass is 10.1. The third-order valence-corrected chi connectivity index (χ3v) is 3.92. The van der Waals surface area contributed by atoms with E-state index in [-0.39, 0.29) is 5.82 Å². The van der Waals surface area contributed by atoms with Crippen LogP contribution < -0.4 is 0 Å². The van der Waals surface area contributed by atoms with Crippen molar-refractivity contribution in [3.8, 4) is 0 Å². The lowest BCUT2D eigenvalue weighted by Crippen LogP contribution is -2.03. The van der Waals surface area contributed by atoms with Crippen LogP contribution in [0.2, 0.25) is 0 Å². The van der Waals surface area contributed by atoms with Gasteiger partial charge in [-0.05, 0) is 61.8 Å². The predicted octanol–water partition coefficient (Wildman–Crippen LogP) is 4.21. The molecule has 0 aliphatic heterocycles. The van der Waals surface area contributed by atoms with E-state index in [2.05, 4.69) is 9.97 Å². The number of hydrogen-bond acceptors (Lipinski definition) is 2. The first-order valence-corrected chi connectivity index (χ1v) is 7.18. The summed E-state index contributed by atoms with van der Waals surface area (Å²) in [5.41, 5.74) is 5.02. The van der Waals surface area contributed by atoms with Crippen LogP contribution >= 0.6 is 12.2 Å². The zero-order valence-corrected chi connectivity index (χ0v) is 13.0. The molecule has 0 aliphatic rings. The minimum atomic E-state index is -0.143. The maximum absolute atomic E-state index is 13.7. The van der Waals surface area contributed by atoms with Crippen molar-refractivity contribution in [1.29, 1.82) is 0 Å². The zero-order valence-electron chi connectivity index (χ0n) is 12.2. The molecule has 3 rings (SSSR count). The third kappa shape index (κ3) is 2.49. The number of imidazole rings is 1. The molecule has 3 aromatic rings. The first kappa shape index (κ1) is 13.9. The smallest absolute Gasteiger partial charge is 0.179 e. The number of nitrogens with one attached hydrogen (secondary N) is 1. The van der Waals surface area contributed by atoms with Crippen molar-refractivity contribution in [2.24, 2.45) is 0 Å². The number of pyridine rings is 1. The highest BCUT2D eigenvalue weighted by atomic mass is 32.1. The molecule has 0 amide bonds. The molecular weight excluding hydrogens is 285 g/mol. The molecule has 0 saturated heterocycles. The maximum Gasteiger partial charge on any atom is 0.179 e. The van der Waals surface area contributed by atoms with Crippen molar-refractivity contribution >= 4 is 23.4 Å². The Morgan fingerprint density at radius 3 is 2.52 bits per heavy atom. The number of aromatic nitrogens is 3. The van der Waals surface area contributed by atoms with Gasteiger partial charge in [0.1, 0.15) is 5.82 Å². The molecule has 0 atom stereocenters. The second-order valence-electron chi connectivity index (χ2n) is 5.38. The van der Waals surface area contributed by atoms with Gasteiger partial charge in [0.15, 0.2) is 10.4 Å². The fraction of sp³-hybridized carbons (Fsp3) is 0.250. The van der Waals surface area contributed by atoms with Crippen LogP contribution in [0, 0.1) is 31.4 Å². The van der Waals surface area contributed by atoms with E-state index in [1.54, 1.807) is 13.8 Å². The number of halogens is 1. The highest BCUT2D eigenvalue weighted by molar-refractivity contribution is 7.71. The molecule has 0 fully saturated rings. The van der Waals surface area contributed by atoms with Gasteiger partial charge in [-0.25, -0.2) is 9.37 Å². The van der Waals surface area contributed by atoms with Crippen molar-refractivity contribution in [2.75, 3.05) is 0 Å². The number of rotatable bonds is 2. The van der Waals surface area contributed by atoms with Crippen LogP contribution in [0.25, 0.3) is 11.2 Å². The molecule has 0 spiro atoms. The Balaban J connectivity index is 2.12. The van der Waals surface area contributed by atoms with Crippen LogP contribution in [0.15, 0.2) is 24.3 Å². The van der Waals surface area contributed by atoms with Crippen LogP contribution in [-0.4, -0.2) is 14.5 Å². The molecule has 0 saturated carbocycles. The second kappa shape index (κ2) is 5.07. The molecular formula is C16H16FN3S. The first-order chi connectivity index (χ1) is 9.95. The van der Waals surface area contributed by atoms with Gasteiger partial charge in [0.25, 0.3) is 0 Å². The van der Waals surface area contributed by atoms with Gasteiger partial charge < -0.3 is 4.98 Å². The van der Waals surface area contributed by atoms with E-state index in [0.29, 0.717) is 22.4 Å². The topological polar surface area (TPSA) is 33.6 Å². The lowest BCUT2D eigenvalue weighted by Gasteiger charge is -2.08. The van der Waals surface area contributed by atoms with Crippen molar-refractivity contribution < 1.29 is 4.39 Å². The number of aromatic amines is 1. The predicted molar refractivity (Wildman–Crippen MR) is 84.6 cm³/mol. The van der Waals surface area contributed by atoms with Crippen LogP contribution in [0.1, 0.15) is 22.4 Å². The molecule has 0 unspecified atom stereocenters. The Morgan fingerprint density at radius 1 is 1.19 bits per heavy atom. The summed E-state index contributed by atoms with van der Waals surface area (Å²) in [6.45, 7) is 6.09. The van der Waals surface area contributed by atoms with Gasteiger partial charge in [-0.1, -0.05) is 12.1 Å². The molecule has 108 valence electrons. The van der Waals surface area contributed by atoms with E-state index in [1.807, 2.05) is 35.8 Å². The van der Waals surface area contributed by atoms with Gasteiger partial charge in [0, 0.05) is 5.69 Å². The summed E-state index contributed by atoms with van der Waals surface area (Å²) in [7, 11) is 0. The summed E-state index contributed by atoms with van der Waals surface area (Å²) in [6, 6.07) is 7.65. The van der Waals surface area contributed by atoms with Crippen LogP contribution in [-0.2, 0) is 6.54 Å². The standard InChI is InChI=1S/C16H16FN3S/c1-9-6-12(7-10(2)14(9)17)8-20-15-13(19-16(20)21)5-4-11(3)18-15/h4-7H,8H2,1-3H3,(H,19,21). The molecule has 2 aromatic heterocycles. The quantitative estimate of drug-likeness (QED) is 0.719. The number of fused-ring (bicyclic) bond motifs is 1. The van der Waals surface area contributed by atoms with Crippen LogP contribution in [0.4, 0.5) is 4.39 Å². The number of H-pyrrole nitrogens is 1. The average molecular weight is 301 g/mol. The maximum atomic E-state index is 13.7. The molecule has 3 nitrogen and oxygen atoms in total. The largest absolute Gasteiger partial charge is 0.329 e. The SMILES string of the molecule is Cc1ccc2[nH]c(=S)n(Cc3cc(C)c(F)c(C)c3)c2n1. The molecule has 0 radical (unpaired) electrons. The van der Waals surface area contributed by atoms with Gasteiger partial charge in [-0.2, -0.15) is 0 Å². The summed E-state index contributed by atoms with van der Waals surface area (Å²) in [5.74, 6) is -0.143. The van der Waals surface area contributed by atoms with Crippen LogP contribution in [0.3, 0.4) is 0 Å². The minimum absolute atomic E-state index is 0.143. The third-order valence-electron chi connectivity index (χ3n) is 3.59. The number of aryl methyl sites for hydroxylation is 3. The average Bonchev–Trinajstić information content (AvgIpc) is 2.72. The van der Waals surface area contributed by atoms with Crippen molar-refractivity contribution in [3.63, 3.8) is 0 Å². The Kier molecular flexibility index (Phi) is 3.37. The molecule has 2 heterocycles. The summed E-state index contributed by atoms with van der Waals surface area (Å²) >= 11 is 5.38. The van der Waals surface area contributed by atoms with E-state index < -0.39 is 0 Å². The van der Waals surface area contributed by atoms with Crippen molar-refractivity contribution in [2.45, 2.75) is 27.3 Å². The van der Waals surface area contributed by atoms with E-state index in [0.717, 1.165) is 22.4 Å². The minimum Gasteiger partial charge on any atom is -0.329 e. The first-order valence-electron chi connectivity index (χ1n) is 6.77. The van der Waals surface area contributed by atoms with E-state index >= 15 is 0 Å². The van der Waals surface area contributed by atoms with Gasteiger partial charge in [-0.3, -0.25) is 4.57 Å². The molecule has 1 N–H and O–H groups in total. The van der Waals surface area contributed by atoms with Gasteiger partial charge in [0.2, 0.25) is 0 Å². The fourth-order valence-corrected chi connectivity index (χ4v) is 2.84. The number of benzene rings is 1. The lowest BCUT2D eigenvalue weighted by molar-refractivity contribution is 0.607. The Hall–Kier alpha value is -2.01. The highest BCUT2D eigenvalue weighted by Crippen LogP contribution is 2.18. The second-order valence-corrected chi connectivity index (χ2v) is 5.77. The number of nitrogens with zero attached hydrogens (tertiary/aromatic N) is 2. The van der Waals surface area contributed by atoms with E-state index in [1.165, 1.54) is 0 Å². The normalized spacial score (nSPS) is 11.2. The Morgan fingerprint density at radius 2 is 1.86 bits per heavy atom. The molecule has 1 aromatic carbocycles. The summed E-state index contributed by atoms with van der Waals surface area (Å²) in [4.78, 5) is 7.70. The van der Waals surface area contributed by atoms with E-state index in [9.17, 15) is 4.39 Å². The summed E-state index contributed by atoms with van der Waals surface area (Å²) < 4.78 is 16.3. The Labute approximate surface area is 127 Å². The zero-order chi connectivity index (χ0) is 15.1. The van der Waals surface area contributed by atoms with E-state index in [4.69, 9.17) is 12.2 Å². The fourth-order valence-electron chi connectivity index (χ4n) is 2.58. The molecule has 21 heavy (non-hydrogen) atoms. The highest BCUT2D eigenvalue weighted by Gasteiger charge is 2.09. The summed E-state index contributed by atoms with van der Waals surface area (Å²) in [5, 5.41) is 0. The van der Waals surface area contributed by atoms with Crippen LogP contribution in [0.5, 0.6) is 0 Å². The summed E-state index contributed by atoms with van der Waals surface area (Å²) in [6.07, 6.45) is 0. The Bertz CT molecular complexity index is 869. The molecule has 5 heteroatoms. The van der Waals surface area contributed by atoms with Gasteiger partial charge >= 0.3 is 0 Å². The monoisotopic (exact) mass is 301 g/mol. The van der Waals surface area contributed by atoms with Crippen molar-refractivity contribution in [1.82, 2.24) is 14.5 Å². The van der Waals surface area contributed by atoms with Crippen molar-refractivity contribution in [3.05, 3.63) is 57.2 Å².